The van der Waals surface area contributed by atoms with Gasteiger partial charge in [-0.1, -0.05) is 11.6 Å². The summed E-state index contributed by atoms with van der Waals surface area (Å²) in [4.78, 5) is 12.2. The van der Waals surface area contributed by atoms with Gasteiger partial charge < -0.3 is 9.84 Å². The number of rotatable bonds is 6. The van der Waals surface area contributed by atoms with Crippen molar-refractivity contribution in [1.82, 2.24) is 4.90 Å². The molecule has 0 saturated heterocycles. The SMILES string of the molecule is Cc1cc(OCCN(C)CC(=O)O)cc(C)c1Cl. The molecule has 0 unspecified atom stereocenters. The van der Waals surface area contributed by atoms with Crippen LogP contribution in [0.25, 0.3) is 0 Å². The first-order valence-corrected chi connectivity index (χ1v) is 6.08. The lowest BCUT2D eigenvalue weighted by Gasteiger charge is -2.15. The average molecular weight is 272 g/mol. The van der Waals surface area contributed by atoms with E-state index in [-0.39, 0.29) is 6.54 Å². The van der Waals surface area contributed by atoms with Crippen molar-refractivity contribution in [2.75, 3.05) is 26.7 Å². The molecule has 5 heteroatoms. The molecule has 0 fully saturated rings. The number of carboxylic acids is 1. The molecule has 1 aromatic carbocycles. The van der Waals surface area contributed by atoms with Crippen molar-refractivity contribution in [1.29, 1.82) is 0 Å². The van der Waals surface area contributed by atoms with Crippen molar-refractivity contribution in [3.05, 3.63) is 28.3 Å². The van der Waals surface area contributed by atoms with Crippen LogP contribution in [-0.2, 0) is 4.79 Å². The lowest BCUT2D eigenvalue weighted by molar-refractivity contribution is -0.138. The molecule has 0 radical (unpaired) electrons. The van der Waals surface area contributed by atoms with E-state index in [1.165, 1.54) is 0 Å². The van der Waals surface area contributed by atoms with Gasteiger partial charge in [0.05, 0.1) is 6.54 Å². The first kappa shape index (κ1) is 14.8. The van der Waals surface area contributed by atoms with Gasteiger partial charge in [-0.15, -0.1) is 0 Å². The molecule has 0 bridgehead atoms. The second kappa shape index (κ2) is 6.61. The second-order valence-electron chi connectivity index (χ2n) is 4.35. The number of nitrogens with zero attached hydrogens (tertiary/aromatic N) is 1. The summed E-state index contributed by atoms with van der Waals surface area (Å²) in [5.74, 6) is -0.0752. The van der Waals surface area contributed by atoms with Gasteiger partial charge in [-0.05, 0) is 44.2 Å². The molecule has 0 heterocycles. The molecule has 0 atom stereocenters. The number of aryl methyl sites for hydroxylation is 2. The van der Waals surface area contributed by atoms with Gasteiger partial charge in [-0.2, -0.15) is 0 Å². The highest BCUT2D eigenvalue weighted by molar-refractivity contribution is 6.32. The number of likely N-dealkylation sites (N-methyl/N-ethyl adjacent to an activating group) is 1. The van der Waals surface area contributed by atoms with Gasteiger partial charge >= 0.3 is 5.97 Å². The molecule has 1 N–H and O–H groups in total. The summed E-state index contributed by atoms with van der Waals surface area (Å²) in [6, 6.07) is 3.76. The number of carboxylic acid groups (broad SMARTS) is 1. The standard InChI is InChI=1S/C13H18ClNO3/c1-9-6-11(7-10(2)13(9)14)18-5-4-15(3)8-12(16)17/h6-7H,4-5,8H2,1-3H3,(H,16,17). The number of hydrogen-bond donors (Lipinski definition) is 1. The maximum atomic E-state index is 10.5. The molecular weight excluding hydrogens is 254 g/mol. The van der Waals surface area contributed by atoms with E-state index in [0.29, 0.717) is 13.2 Å². The largest absolute Gasteiger partial charge is 0.492 e. The molecule has 1 rings (SSSR count). The number of carbonyl (C=O) groups is 1. The van der Waals surface area contributed by atoms with E-state index in [9.17, 15) is 4.79 Å². The average Bonchev–Trinajstić information content (AvgIpc) is 2.24. The van der Waals surface area contributed by atoms with E-state index in [1.54, 1.807) is 11.9 Å². The second-order valence-corrected chi connectivity index (χ2v) is 4.73. The van der Waals surface area contributed by atoms with Crippen LogP contribution in [0.2, 0.25) is 5.02 Å². The van der Waals surface area contributed by atoms with E-state index in [4.69, 9.17) is 21.4 Å². The Balaban J connectivity index is 2.47. The summed E-state index contributed by atoms with van der Waals surface area (Å²) < 4.78 is 5.58. The summed E-state index contributed by atoms with van der Waals surface area (Å²) in [5.41, 5.74) is 1.95. The predicted octanol–water partition coefficient (Wildman–Crippen LogP) is 2.35. The monoisotopic (exact) mass is 271 g/mol. The van der Waals surface area contributed by atoms with E-state index >= 15 is 0 Å². The Hall–Kier alpha value is -1.26. The Bertz CT molecular complexity index is 411. The smallest absolute Gasteiger partial charge is 0.317 e. The zero-order valence-corrected chi connectivity index (χ0v) is 11.6. The Morgan fingerprint density at radius 1 is 1.39 bits per heavy atom. The van der Waals surface area contributed by atoms with Crippen LogP contribution < -0.4 is 4.74 Å². The first-order valence-electron chi connectivity index (χ1n) is 5.70. The number of hydrogen-bond acceptors (Lipinski definition) is 3. The lowest BCUT2D eigenvalue weighted by Crippen LogP contribution is -2.29. The van der Waals surface area contributed by atoms with Gasteiger partial charge in [-0.25, -0.2) is 0 Å². The maximum Gasteiger partial charge on any atom is 0.317 e. The minimum absolute atomic E-state index is 0.0159. The van der Waals surface area contributed by atoms with Gasteiger partial charge in [0.2, 0.25) is 0 Å². The summed E-state index contributed by atoms with van der Waals surface area (Å²) in [7, 11) is 1.75. The fraction of sp³-hybridized carbons (Fsp3) is 0.462. The van der Waals surface area contributed by atoms with Crippen molar-refractivity contribution in [2.45, 2.75) is 13.8 Å². The summed E-state index contributed by atoms with van der Waals surface area (Å²) in [6.07, 6.45) is 0. The number of aliphatic carboxylic acids is 1. The molecule has 0 aliphatic heterocycles. The third-order valence-electron chi connectivity index (χ3n) is 2.56. The quantitative estimate of drug-likeness (QED) is 0.863. The van der Waals surface area contributed by atoms with Crippen molar-refractivity contribution in [3.8, 4) is 5.75 Å². The van der Waals surface area contributed by atoms with Gasteiger partial charge in [0.15, 0.2) is 0 Å². The third-order valence-corrected chi connectivity index (χ3v) is 3.15. The first-order chi connectivity index (χ1) is 8.40. The summed E-state index contributed by atoms with van der Waals surface area (Å²) in [5, 5.41) is 9.36. The van der Waals surface area contributed by atoms with Gasteiger partial charge in [0.1, 0.15) is 12.4 Å². The number of halogens is 1. The number of benzene rings is 1. The fourth-order valence-corrected chi connectivity index (χ4v) is 1.73. The van der Waals surface area contributed by atoms with Crippen LogP contribution in [0.5, 0.6) is 5.75 Å². The molecule has 4 nitrogen and oxygen atoms in total. The normalized spacial score (nSPS) is 10.7. The van der Waals surface area contributed by atoms with Crippen LogP contribution in [0.15, 0.2) is 12.1 Å². The van der Waals surface area contributed by atoms with Crippen LogP contribution in [0.3, 0.4) is 0 Å². The maximum absolute atomic E-state index is 10.5. The minimum Gasteiger partial charge on any atom is -0.492 e. The van der Waals surface area contributed by atoms with Crippen LogP contribution in [0.1, 0.15) is 11.1 Å². The van der Waals surface area contributed by atoms with Crippen LogP contribution in [-0.4, -0.2) is 42.7 Å². The summed E-state index contributed by atoms with van der Waals surface area (Å²) >= 11 is 6.06. The molecule has 18 heavy (non-hydrogen) atoms. The Morgan fingerprint density at radius 3 is 2.44 bits per heavy atom. The van der Waals surface area contributed by atoms with Gasteiger partial charge in [0, 0.05) is 11.6 Å². The molecule has 0 aromatic heterocycles. The highest BCUT2D eigenvalue weighted by Crippen LogP contribution is 2.25. The minimum atomic E-state index is -0.837. The molecule has 0 saturated carbocycles. The highest BCUT2D eigenvalue weighted by atomic mass is 35.5. The molecular formula is C13H18ClNO3. The predicted molar refractivity (Wildman–Crippen MR) is 71.6 cm³/mol. The fourth-order valence-electron chi connectivity index (χ4n) is 1.62. The third kappa shape index (κ3) is 4.55. The Kier molecular flexibility index (Phi) is 5.44. The molecule has 0 aliphatic rings. The van der Waals surface area contributed by atoms with Crippen molar-refractivity contribution in [2.24, 2.45) is 0 Å². The molecule has 0 amide bonds. The van der Waals surface area contributed by atoms with E-state index < -0.39 is 5.97 Å². The Morgan fingerprint density at radius 2 is 1.94 bits per heavy atom. The molecule has 0 aliphatic carbocycles. The summed E-state index contributed by atoms with van der Waals surface area (Å²) in [6.45, 7) is 4.89. The van der Waals surface area contributed by atoms with Gasteiger partial charge in [0.25, 0.3) is 0 Å². The topological polar surface area (TPSA) is 49.8 Å². The molecule has 0 spiro atoms. The zero-order chi connectivity index (χ0) is 13.7. The van der Waals surface area contributed by atoms with Crippen LogP contribution in [0, 0.1) is 13.8 Å². The van der Waals surface area contributed by atoms with Crippen molar-refractivity contribution >= 4 is 17.6 Å². The van der Waals surface area contributed by atoms with E-state index in [2.05, 4.69) is 0 Å². The molecule has 100 valence electrons. The van der Waals surface area contributed by atoms with Crippen molar-refractivity contribution in [3.63, 3.8) is 0 Å². The Labute approximate surface area is 112 Å². The number of ether oxygens (including phenoxy) is 1. The van der Waals surface area contributed by atoms with Crippen LogP contribution >= 0.6 is 11.6 Å². The molecule has 1 aromatic rings. The van der Waals surface area contributed by atoms with E-state index in [1.807, 2.05) is 26.0 Å². The lowest BCUT2D eigenvalue weighted by atomic mass is 10.1. The van der Waals surface area contributed by atoms with Crippen molar-refractivity contribution < 1.29 is 14.6 Å². The van der Waals surface area contributed by atoms with E-state index in [0.717, 1.165) is 21.9 Å². The van der Waals surface area contributed by atoms with Gasteiger partial charge in [-0.3, -0.25) is 9.69 Å². The highest BCUT2D eigenvalue weighted by Gasteiger charge is 2.06. The van der Waals surface area contributed by atoms with Crippen LogP contribution in [0.4, 0.5) is 0 Å². The zero-order valence-electron chi connectivity index (χ0n) is 10.9.